The van der Waals surface area contributed by atoms with Gasteiger partial charge in [-0.15, -0.1) is 11.6 Å². The molecule has 4 heteroatoms. The van der Waals surface area contributed by atoms with Crippen LogP contribution >= 0.6 is 11.6 Å². The van der Waals surface area contributed by atoms with E-state index < -0.39 is 0 Å². The number of amides is 1. The third-order valence-corrected chi connectivity index (χ3v) is 3.07. The molecule has 1 aliphatic heterocycles. The van der Waals surface area contributed by atoms with Gasteiger partial charge in [-0.05, 0) is 37.0 Å². The van der Waals surface area contributed by atoms with E-state index >= 15 is 0 Å². The van der Waals surface area contributed by atoms with E-state index in [-0.39, 0.29) is 5.91 Å². The van der Waals surface area contributed by atoms with Crippen LogP contribution in [0.25, 0.3) is 0 Å². The molecule has 1 aromatic rings. The number of fused-ring (bicyclic) bond motifs is 1. The smallest absolute Gasteiger partial charge is 0.251 e. The molecule has 92 valence electrons. The van der Waals surface area contributed by atoms with Crippen LogP contribution in [0.4, 0.5) is 0 Å². The lowest BCUT2D eigenvalue weighted by Gasteiger charge is -2.17. The maximum absolute atomic E-state index is 11.6. The number of alkyl halides is 1. The van der Waals surface area contributed by atoms with E-state index in [0.717, 1.165) is 42.7 Å². The maximum atomic E-state index is 11.6. The molecule has 1 heterocycles. The third kappa shape index (κ3) is 3.13. The molecule has 0 aromatic heterocycles. The van der Waals surface area contributed by atoms with Gasteiger partial charge in [-0.2, -0.15) is 0 Å². The van der Waals surface area contributed by atoms with Crippen molar-refractivity contribution in [1.29, 1.82) is 0 Å². The van der Waals surface area contributed by atoms with E-state index in [0.29, 0.717) is 12.5 Å². The van der Waals surface area contributed by atoms with Gasteiger partial charge >= 0.3 is 0 Å². The number of ether oxygens (including phenoxy) is 1. The lowest BCUT2D eigenvalue weighted by molar-refractivity contribution is 0.0945. The summed E-state index contributed by atoms with van der Waals surface area (Å²) < 4.78 is 5.58. The fourth-order valence-corrected chi connectivity index (χ4v) is 2.06. The molecule has 1 amide bonds. The number of hydrogen-bond acceptors (Lipinski definition) is 2. The van der Waals surface area contributed by atoms with Gasteiger partial charge in [0.25, 0.3) is 5.91 Å². The molecule has 2 rings (SSSR count). The van der Waals surface area contributed by atoms with E-state index in [9.17, 15) is 4.79 Å². The number of nitrogens with one attached hydrogen (secondary N) is 1. The number of hydrogen-bond donors (Lipinski definition) is 1. The van der Waals surface area contributed by atoms with E-state index in [1.54, 1.807) is 0 Å². The maximum Gasteiger partial charge on any atom is 0.251 e. The number of carbonyl (C=O) groups is 1. The van der Waals surface area contributed by atoms with Crippen molar-refractivity contribution >= 4 is 17.5 Å². The first kappa shape index (κ1) is 12.2. The number of benzene rings is 1. The lowest BCUT2D eigenvalue weighted by atomic mass is 10.0. The Bertz CT molecular complexity index is 406. The second kappa shape index (κ2) is 5.92. The first-order chi connectivity index (χ1) is 8.31. The predicted molar refractivity (Wildman–Crippen MR) is 67.9 cm³/mol. The highest BCUT2D eigenvalue weighted by Crippen LogP contribution is 2.20. The van der Waals surface area contributed by atoms with Crippen LogP contribution in [0.15, 0.2) is 18.2 Å². The molecular formula is C13H16ClNO2. The monoisotopic (exact) mass is 253 g/mol. The van der Waals surface area contributed by atoms with E-state index in [1.807, 2.05) is 18.2 Å². The zero-order valence-electron chi connectivity index (χ0n) is 9.67. The molecule has 0 fully saturated rings. The second-order valence-electron chi connectivity index (χ2n) is 4.07. The summed E-state index contributed by atoms with van der Waals surface area (Å²) in [4.78, 5) is 11.6. The fourth-order valence-electron chi connectivity index (χ4n) is 1.87. The minimum Gasteiger partial charge on any atom is -0.494 e. The van der Waals surface area contributed by atoms with Crippen LogP contribution in [0.5, 0.6) is 5.75 Å². The summed E-state index contributed by atoms with van der Waals surface area (Å²) in [6.45, 7) is 1.37. The van der Waals surface area contributed by atoms with Gasteiger partial charge in [-0.1, -0.05) is 6.07 Å². The van der Waals surface area contributed by atoms with Crippen molar-refractivity contribution in [2.45, 2.75) is 19.3 Å². The lowest BCUT2D eigenvalue weighted by Crippen LogP contribution is -2.31. The molecule has 0 bridgehead atoms. The molecule has 17 heavy (non-hydrogen) atoms. The zero-order chi connectivity index (χ0) is 12.1. The molecular weight excluding hydrogens is 238 g/mol. The molecule has 0 saturated carbocycles. The quantitative estimate of drug-likeness (QED) is 0.646. The van der Waals surface area contributed by atoms with Gasteiger partial charge in [0.2, 0.25) is 0 Å². The number of unbranched alkanes of at least 4 members (excludes halogenated alkanes) is 1. The highest BCUT2D eigenvalue weighted by atomic mass is 35.5. The van der Waals surface area contributed by atoms with E-state index in [2.05, 4.69) is 5.32 Å². The van der Waals surface area contributed by atoms with Gasteiger partial charge in [0, 0.05) is 18.0 Å². The van der Waals surface area contributed by atoms with Crippen molar-refractivity contribution in [2.24, 2.45) is 0 Å². The van der Waals surface area contributed by atoms with Crippen LogP contribution in [0, 0.1) is 0 Å². The minimum atomic E-state index is -0.00235. The second-order valence-corrected chi connectivity index (χ2v) is 4.45. The zero-order valence-corrected chi connectivity index (χ0v) is 10.4. The first-order valence-electron chi connectivity index (χ1n) is 5.91. The Kier molecular flexibility index (Phi) is 4.26. The summed E-state index contributed by atoms with van der Waals surface area (Å²) in [7, 11) is 0. The van der Waals surface area contributed by atoms with E-state index in [4.69, 9.17) is 16.3 Å². The molecule has 0 saturated heterocycles. The molecule has 1 aliphatic rings. The minimum absolute atomic E-state index is 0.00235. The van der Waals surface area contributed by atoms with Crippen LogP contribution in [0.3, 0.4) is 0 Å². The third-order valence-electron chi connectivity index (χ3n) is 2.80. The van der Waals surface area contributed by atoms with Crippen molar-refractivity contribution in [3.8, 4) is 5.75 Å². The van der Waals surface area contributed by atoms with Gasteiger partial charge in [-0.25, -0.2) is 0 Å². The number of carbonyl (C=O) groups excluding carboxylic acids is 1. The Morgan fingerprint density at radius 1 is 1.35 bits per heavy atom. The van der Waals surface area contributed by atoms with Crippen LogP contribution in [-0.4, -0.2) is 24.9 Å². The number of rotatable bonds is 5. The molecule has 3 nitrogen and oxygen atoms in total. The fraction of sp³-hybridized carbons (Fsp3) is 0.462. The highest BCUT2D eigenvalue weighted by Gasteiger charge is 2.16. The summed E-state index contributed by atoms with van der Waals surface area (Å²) in [6, 6.07) is 5.73. The molecule has 1 N–H and O–H groups in total. The van der Waals surface area contributed by atoms with Crippen LogP contribution in [0.1, 0.15) is 28.8 Å². The Hall–Kier alpha value is -1.22. The van der Waals surface area contributed by atoms with Crippen molar-refractivity contribution in [2.75, 3.05) is 19.0 Å². The molecule has 0 aliphatic carbocycles. The normalized spacial score (nSPS) is 14.1. The Morgan fingerprint density at radius 2 is 2.24 bits per heavy atom. The standard InChI is InChI=1S/C13H16ClNO2/c14-6-1-2-8-17-11-4-3-10-5-7-15-13(16)12(10)9-11/h3-4,9H,1-2,5-8H2,(H,15,16). The topological polar surface area (TPSA) is 38.3 Å². The SMILES string of the molecule is O=C1NCCc2ccc(OCCCCCl)cc21. The van der Waals surface area contributed by atoms with Gasteiger partial charge < -0.3 is 10.1 Å². The van der Waals surface area contributed by atoms with Gasteiger partial charge in [0.15, 0.2) is 0 Å². The molecule has 0 radical (unpaired) electrons. The Morgan fingerprint density at radius 3 is 3.06 bits per heavy atom. The van der Waals surface area contributed by atoms with Crippen molar-refractivity contribution in [1.82, 2.24) is 5.32 Å². The highest BCUT2D eigenvalue weighted by molar-refractivity contribution is 6.17. The summed E-state index contributed by atoms with van der Waals surface area (Å²) in [5.74, 6) is 1.42. The molecule has 1 aromatic carbocycles. The van der Waals surface area contributed by atoms with Crippen molar-refractivity contribution in [3.05, 3.63) is 29.3 Å². The molecule has 0 atom stereocenters. The van der Waals surface area contributed by atoms with Crippen LogP contribution in [-0.2, 0) is 6.42 Å². The Labute approximate surface area is 106 Å². The van der Waals surface area contributed by atoms with Crippen LogP contribution < -0.4 is 10.1 Å². The average molecular weight is 254 g/mol. The van der Waals surface area contributed by atoms with E-state index in [1.165, 1.54) is 0 Å². The summed E-state index contributed by atoms with van der Waals surface area (Å²) >= 11 is 5.59. The van der Waals surface area contributed by atoms with Crippen LogP contribution in [0.2, 0.25) is 0 Å². The van der Waals surface area contributed by atoms with Gasteiger partial charge in [0.05, 0.1) is 6.61 Å². The largest absolute Gasteiger partial charge is 0.494 e. The average Bonchev–Trinajstić information content (AvgIpc) is 2.36. The van der Waals surface area contributed by atoms with Crippen molar-refractivity contribution < 1.29 is 9.53 Å². The summed E-state index contributed by atoms with van der Waals surface area (Å²) in [5, 5.41) is 2.83. The first-order valence-corrected chi connectivity index (χ1v) is 6.44. The van der Waals surface area contributed by atoms with Crippen molar-refractivity contribution in [3.63, 3.8) is 0 Å². The van der Waals surface area contributed by atoms with Gasteiger partial charge in [-0.3, -0.25) is 4.79 Å². The summed E-state index contributed by atoms with van der Waals surface area (Å²) in [5.41, 5.74) is 1.84. The molecule has 0 spiro atoms. The van der Waals surface area contributed by atoms with Gasteiger partial charge in [0.1, 0.15) is 5.75 Å². The molecule has 0 unspecified atom stereocenters. The predicted octanol–water partition coefficient (Wildman–Crippen LogP) is 2.37. The Balaban J connectivity index is 2.00. The number of halogens is 1. The summed E-state index contributed by atoms with van der Waals surface area (Å²) in [6.07, 6.45) is 2.79.